The minimum Gasteiger partial charge on any atom is -0.396 e. The Kier molecular flexibility index (Phi) is 6.24. The van der Waals surface area contributed by atoms with Crippen LogP contribution in [-0.4, -0.2) is 66.1 Å². The highest BCUT2D eigenvalue weighted by Crippen LogP contribution is 2.33. The summed E-state index contributed by atoms with van der Waals surface area (Å²) in [4.78, 5) is 16.1. The van der Waals surface area contributed by atoms with Gasteiger partial charge in [-0.15, -0.1) is 0 Å². The Bertz CT molecular complexity index is 589. The van der Waals surface area contributed by atoms with Gasteiger partial charge >= 0.3 is 0 Å². The highest BCUT2D eigenvalue weighted by atomic mass is 19.3. The molecule has 0 radical (unpaired) electrons. The topological polar surface area (TPSA) is 43.8 Å². The molecule has 26 heavy (non-hydrogen) atoms. The first-order valence-corrected chi connectivity index (χ1v) is 9.50. The number of hydrogen-bond donors (Lipinski definition) is 1. The molecule has 2 saturated heterocycles. The van der Waals surface area contributed by atoms with Crippen LogP contribution in [0.5, 0.6) is 0 Å². The van der Waals surface area contributed by atoms with Gasteiger partial charge in [0.15, 0.2) is 0 Å². The summed E-state index contributed by atoms with van der Waals surface area (Å²) in [6.07, 6.45) is 2.73. The van der Waals surface area contributed by atoms with Crippen molar-refractivity contribution in [3.8, 4) is 0 Å². The van der Waals surface area contributed by atoms with Crippen molar-refractivity contribution in [3.63, 3.8) is 0 Å². The molecule has 2 aliphatic heterocycles. The summed E-state index contributed by atoms with van der Waals surface area (Å²) in [5, 5.41) is 9.18. The maximum Gasteiger partial charge on any atom is 0.255 e. The summed E-state index contributed by atoms with van der Waals surface area (Å²) in [6, 6.07) is 10.4. The molecule has 1 aromatic rings. The van der Waals surface area contributed by atoms with E-state index in [0.29, 0.717) is 5.92 Å². The molecule has 6 heteroatoms. The maximum absolute atomic E-state index is 13.7. The van der Waals surface area contributed by atoms with E-state index in [9.17, 15) is 18.7 Å². The fourth-order valence-corrected chi connectivity index (χ4v) is 4.01. The lowest BCUT2D eigenvalue weighted by Crippen LogP contribution is -2.52. The fraction of sp³-hybridized carbons (Fsp3) is 0.650. The summed E-state index contributed by atoms with van der Waals surface area (Å²) >= 11 is 0. The summed E-state index contributed by atoms with van der Waals surface area (Å²) in [6.45, 7) is 1.41. The van der Waals surface area contributed by atoms with E-state index >= 15 is 0 Å². The average molecular weight is 366 g/mol. The molecular weight excluding hydrogens is 338 g/mol. The SMILES string of the molecule is O=C(CN1CCC(F)(F)[C@@H](CO)C1)N1CCC(Cc2ccccc2)CC1. The summed E-state index contributed by atoms with van der Waals surface area (Å²) < 4.78 is 27.3. The number of rotatable bonds is 5. The first-order chi connectivity index (χ1) is 12.5. The van der Waals surface area contributed by atoms with E-state index in [1.807, 2.05) is 11.0 Å². The van der Waals surface area contributed by atoms with Crippen LogP contribution >= 0.6 is 0 Å². The van der Waals surface area contributed by atoms with Crippen LogP contribution in [0.25, 0.3) is 0 Å². The number of aliphatic hydroxyl groups is 1. The Morgan fingerprint density at radius 2 is 1.85 bits per heavy atom. The molecule has 1 atom stereocenters. The normalized spacial score (nSPS) is 24.6. The Labute approximate surface area is 153 Å². The molecule has 4 nitrogen and oxygen atoms in total. The molecule has 0 saturated carbocycles. The number of hydrogen-bond acceptors (Lipinski definition) is 3. The third-order valence-electron chi connectivity index (χ3n) is 5.75. The predicted octanol–water partition coefficient (Wildman–Crippen LogP) is 2.42. The van der Waals surface area contributed by atoms with Crippen molar-refractivity contribution >= 4 is 5.91 Å². The van der Waals surface area contributed by atoms with Crippen LogP contribution in [0.1, 0.15) is 24.8 Å². The zero-order valence-electron chi connectivity index (χ0n) is 15.1. The van der Waals surface area contributed by atoms with Crippen LogP contribution < -0.4 is 0 Å². The molecule has 3 rings (SSSR count). The molecule has 1 aromatic carbocycles. The zero-order chi connectivity index (χ0) is 18.6. The first kappa shape index (κ1) is 19.2. The highest BCUT2D eigenvalue weighted by molar-refractivity contribution is 5.78. The van der Waals surface area contributed by atoms with Crippen molar-refractivity contribution in [3.05, 3.63) is 35.9 Å². The van der Waals surface area contributed by atoms with Gasteiger partial charge in [-0.05, 0) is 30.7 Å². The molecule has 2 aliphatic rings. The fourth-order valence-electron chi connectivity index (χ4n) is 4.01. The van der Waals surface area contributed by atoms with Crippen molar-refractivity contribution < 1.29 is 18.7 Å². The number of nitrogens with zero attached hydrogens (tertiary/aromatic N) is 2. The number of likely N-dealkylation sites (tertiary alicyclic amines) is 2. The number of carbonyl (C=O) groups is 1. The van der Waals surface area contributed by atoms with Gasteiger partial charge in [0.25, 0.3) is 5.92 Å². The van der Waals surface area contributed by atoms with Gasteiger partial charge in [-0.3, -0.25) is 9.69 Å². The van der Waals surface area contributed by atoms with Crippen LogP contribution in [0.15, 0.2) is 30.3 Å². The Morgan fingerprint density at radius 3 is 2.50 bits per heavy atom. The lowest BCUT2D eigenvalue weighted by atomic mass is 9.90. The summed E-state index contributed by atoms with van der Waals surface area (Å²) in [7, 11) is 0. The van der Waals surface area contributed by atoms with Gasteiger partial charge in [-0.2, -0.15) is 0 Å². The van der Waals surface area contributed by atoms with Crippen molar-refractivity contribution in [1.82, 2.24) is 9.80 Å². The van der Waals surface area contributed by atoms with Gasteiger partial charge in [0.1, 0.15) is 0 Å². The smallest absolute Gasteiger partial charge is 0.255 e. The average Bonchev–Trinajstić information content (AvgIpc) is 2.64. The van der Waals surface area contributed by atoms with Gasteiger partial charge < -0.3 is 10.0 Å². The van der Waals surface area contributed by atoms with Gasteiger partial charge in [0.05, 0.1) is 19.1 Å². The van der Waals surface area contributed by atoms with Crippen LogP contribution in [0.4, 0.5) is 8.78 Å². The molecule has 0 bridgehead atoms. The molecule has 144 valence electrons. The van der Waals surface area contributed by atoms with E-state index in [4.69, 9.17) is 0 Å². The van der Waals surface area contributed by atoms with E-state index in [1.54, 1.807) is 4.90 Å². The lowest BCUT2D eigenvalue weighted by molar-refractivity contribution is -0.142. The maximum atomic E-state index is 13.7. The highest BCUT2D eigenvalue weighted by Gasteiger charge is 2.44. The van der Waals surface area contributed by atoms with Crippen LogP contribution in [0.3, 0.4) is 0 Å². The predicted molar refractivity (Wildman–Crippen MR) is 96.0 cm³/mol. The lowest BCUT2D eigenvalue weighted by Gasteiger charge is -2.39. The third-order valence-corrected chi connectivity index (χ3v) is 5.75. The monoisotopic (exact) mass is 366 g/mol. The number of benzene rings is 1. The quantitative estimate of drug-likeness (QED) is 0.870. The molecule has 2 heterocycles. The van der Waals surface area contributed by atoms with E-state index in [-0.39, 0.29) is 32.0 Å². The number of piperidine rings is 2. The van der Waals surface area contributed by atoms with E-state index in [0.717, 1.165) is 32.4 Å². The van der Waals surface area contributed by atoms with Crippen LogP contribution in [-0.2, 0) is 11.2 Å². The zero-order valence-corrected chi connectivity index (χ0v) is 15.1. The molecule has 1 N–H and O–H groups in total. The first-order valence-electron chi connectivity index (χ1n) is 9.50. The minimum absolute atomic E-state index is 0.0186. The van der Waals surface area contributed by atoms with Crippen molar-refractivity contribution in [2.75, 3.05) is 39.3 Å². The van der Waals surface area contributed by atoms with Gasteiger partial charge in [-0.1, -0.05) is 30.3 Å². The molecular formula is C20H28F2N2O2. The van der Waals surface area contributed by atoms with Crippen molar-refractivity contribution in [2.24, 2.45) is 11.8 Å². The summed E-state index contributed by atoms with van der Waals surface area (Å²) in [5.41, 5.74) is 1.33. The van der Waals surface area contributed by atoms with Gasteiger partial charge in [-0.25, -0.2) is 8.78 Å². The Hall–Kier alpha value is -1.53. The third kappa shape index (κ3) is 4.80. The van der Waals surface area contributed by atoms with Crippen LogP contribution in [0.2, 0.25) is 0 Å². The number of carbonyl (C=O) groups excluding carboxylic acids is 1. The van der Waals surface area contributed by atoms with Crippen LogP contribution in [0, 0.1) is 11.8 Å². The molecule has 0 unspecified atom stereocenters. The van der Waals surface area contributed by atoms with Gasteiger partial charge in [0, 0.05) is 32.6 Å². The van der Waals surface area contributed by atoms with Crippen molar-refractivity contribution in [1.29, 1.82) is 0 Å². The number of alkyl halides is 2. The van der Waals surface area contributed by atoms with Gasteiger partial charge in [0.2, 0.25) is 5.91 Å². The van der Waals surface area contributed by atoms with E-state index in [1.165, 1.54) is 5.56 Å². The summed E-state index contributed by atoms with van der Waals surface area (Å²) in [5.74, 6) is -3.29. The molecule has 2 fully saturated rings. The van der Waals surface area contributed by atoms with Crippen molar-refractivity contribution in [2.45, 2.75) is 31.6 Å². The standard InChI is InChI=1S/C20H28F2N2O2/c21-20(22)8-11-23(13-18(20)15-25)14-19(26)24-9-6-17(7-10-24)12-16-4-2-1-3-5-16/h1-5,17-18,25H,6-15H2/t18-/m1/s1. The Balaban J connectivity index is 1.44. The Morgan fingerprint density at radius 1 is 1.15 bits per heavy atom. The minimum atomic E-state index is -2.83. The second-order valence-electron chi connectivity index (χ2n) is 7.64. The number of amides is 1. The molecule has 1 amide bonds. The second-order valence-corrected chi connectivity index (χ2v) is 7.64. The molecule has 0 aromatic heterocycles. The molecule has 0 spiro atoms. The van der Waals surface area contributed by atoms with E-state index in [2.05, 4.69) is 24.3 Å². The molecule has 0 aliphatic carbocycles. The number of halogens is 2. The number of aliphatic hydroxyl groups excluding tert-OH is 1. The van der Waals surface area contributed by atoms with E-state index < -0.39 is 18.4 Å². The second kappa shape index (κ2) is 8.44. The largest absolute Gasteiger partial charge is 0.396 e.